The molecular weight excluding hydrogens is 460 g/mol. The monoisotopic (exact) mass is 472 g/mol. The molecule has 0 atom stereocenters. The van der Waals surface area contributed by atoms with Crippen LogP contribution in [0.2, 0.25) is 5.02 Å². The highest BCUT2D eigenvalue weighted by molar-refractivity contribution is 7.86. The summed E-state index contributed by atoms with van der Waals surface area (Å²) < 4.78 is 63.9. The van der Waals surface area contributed by atoms with Crippen molar-refractivity contribution in [3.8, 4) is 5.69 Å². The lowest BCUT2D eigenvalue weighted by atomic mass is 10.3. The highest BCUT2D eigenvalue weighted by atomic mass is 35.5. The van der Waals surface area contributed by atoms with E-state index in [2.05, 4.69) is 15.3 Å². The van der Waals surface area contributed by atoms with Gasteiger partial charge in [0.1, 0.15) is 0 Å². The van der Waals surface area contributed by atoms with Gasteiger partial charge >= 0.3 is 0 Å². The number of benzene rings is 2. The summed E-state index contributed by atoms with van der Waals surface area (Å²) in [4.78, 5) is 11.9. The number of nitrogens with one attached hydrogen (secondary N) is 1. The van der Waals surface area contributed by atoms with Crippen LogP contribution in [0.5, 0.6) is 0 Å². The van der Waals surface area contributed by atoms with E-state index in [4.69, 9.17) is 16.2 Å². The zero-order valence-electron chi connectivity index (χ0n) is 15.0. The van der Waals surface area contributed by atoms with Crippen LogP contribution in [0.1, 0.15) is 5.69 Å². The number of rotatable bonds is 5. The van der Waals surface area contributed by atoms with Gasteiger partial charge in [-0.3, -0.25) is 19.0 Å². The first-order chi connectivity index (χ1) is 13.9. The van der Waals surface area contributed by atoms with E-state index in [1.807, 2.05) is 0 Å². The van der Waals surface area contributed by atoms with Crippen LogP contribution in [-0.4, -0.2) is 35.7 Å². The number of aromatic nitrogens is 2. The third kappa shape index (κ3) is 4.49. The summed E-state index contributed by atoms with van der Waals surface area (Å²) in [6.07, 6.45) is 0. The molecule has 0 saturated heterocycles. The quantitative estimate of drug-likeness (QED) is 0.378. The van der Waals surface area contributed by atoms with Crippen molar-refractivity contribution in [1.82, 2.24) is 9.78 Å². The topological polar surface area (TPSA) is 171 Å². The van der Waals surface area contributed by atoms with Crippen molar-refractivity contribution in [1.29, 1.82) is 0 Å². The smallest absolute Gasteiger partial charge is 0.293 e. The fourth-order valence-corrected chi connectivity index (χ4v) is 3.62. The summed E-state index contributed by atoms with van der Waals surface area (Å²) in [6.45, 7) is 1.52. The van der Waals surface area contributed by atoms with Crippen LogP contribution in [0.4, 0.5) is 11.4 Å². The Morgan fingerprint density at radius 1 is 0.933 bits per heavy atom. The molecule has 0 spiro atoms. The summed E-state index contributed by atoms with van der Waals surface area (Å²) in [6, 6.07) is 8.10. The molecule has 3 rings (SSSR count). The molecule has 0 bridgehead atoms. The first-order valence-corrected chi connectivity index (χ1v) is 11.2. The zero-order valence-corrected chi connectivity index (χ0v) is 17.4. The molecular formula is C16H13ClN4O7S2. The number of hydrogen-bond donors (Lipinski definition) is 3. The summed E-state index contributed by atoms with van der Waals surface area (Å²) in [5.74, 6) is 0. The number of H-pyrrole nitrogens is 1. The first kappa shape index (κ1) is 21.9. The van der Waals surface area contributed by atoms with Crippen LogP contribution in [0.15, 0.2) is 67.3 Å². The summed E-state index contributed by atoms with van der Waals surface area (Å²) in [5, 5.41) is 10.4. The fourth-order valence-electron chi connectivity index (χ4n) is 2.44. The van der Waals surface area contributed by atoms with Crippen molar-refractivity contribution in [2.45, 2.75) is 16.7 Å². The van der Waals surface area contributed by atoms with E-state index >= 15 is 0 Å². The van der Waals surface area contributed by atoms with Crippen molar-refractivity contribution < 1.29 is 25.9 Å². The van der Waals surface area contributed by atoms with Crippen LogP contribution < -0.4 is 5.56 Å². The number of nitrogens with zero attached hydrogens (tertiary/aromatic N) is 3. The van der Waals surface area contributed by atoms with Gasteiger partial charge < -0.3 is 0 Å². The van der Waals surface area contributed by atoms with Crippen LogP contribution in [0.3, 0.4) is 0 Å². The molecule has 2 aromatic carbocycles. The molecule has 158 valence electrons. The molecule has 0 amide bonds. The van der Waals surface area contributed by atoms with E-state index in [0.29, 0.717) is 0 Å². The van der Waals surface area contributed by atoms with Gasteiger partial charge in [-0.2, -0.15) is 21.9 Å². The molecule has 0 unspecified atom stereocenters. The van der Waals surface area contributed by atoms with Gasteiger partial charge in [0.2, 0.25) is 0 Å². The van der Waals surface area contributed by atoms with Crippen molar-refractivity contribution in [3.63, 3.8) is 0 Å². The highest BCUT2D eigenvalue weighted by Gasteiger charge is 2.18. The molecule has 0 saturated carbocycles. The Labute approximate surface area is 175 Å². The third-order valence-electron chi connectivity index (χ3n) is 3.90. The van der Waals surface area contributed by atoms with Crippen LogP contribution in [0, 0.1) is 6.92 Å². The second-order valence-electron chi connectivity index (χ2n) is 5.98. The highest BCUT2D eigenvalue weighted by Crippen LogP contribution is 2.25. The molecule has 3 aromatic rings. The lowest BCUT2D eigenvalue weighted by Gasteiger charge is -2.06. The largest absolute Gasteiger partial charge is 0.299 e. The Balaban J connectivity index is 2.01. The van der Waals surface area contributed by atoms with E-state index in [0.717, 1.165) is 28.9 Å². The molecule has 0 aliphatic rings. The second-order valence-corrected chi connectivity index (χ2v) is 9.23. The molecule has 0 radical (unpaired) electrons. The fraction of sp³-hybridized carbons (Fsp3) is 0.0625. The van der Waals surface area contributed by atoms with E-state index in [1.54, 1.807) is 0 Å². The first-order valence-electron chi connectivity index (χ1n) is 7.96. The zero-order chi connectivity index (χ0) is 22.3. The maximum absolute atomic E-state index is 12.7. The van der Waals surface area contributed by atoms with Gasteiger partial charge in [-0.05, 0) is 49.4 Å². The van der Waals surface area contributed by atoms with Crippen molar-refractivity contribution in [2.75, 3.05) is 0 Å². The van der Waals surface area contributed by atoms with Gasteiger partial charge in [-0.25, -0.2) is 4.68 Å². The number of azo groups is 1. The molecule has 0 aliphatic carbocycles. The van der Waals surface area contributed by atoms with Gasteiger partial charge in [0.25, 0.3) is 25.8 Å². The maximum Gasteiger partial charge on any atom is 0.299 e. The van der Waals surface area contributed by atoms with Crippen LogP contribution >= 0.6 is 11.6 Å². The molecule has 1 heterocycles. The number of aromatic amines is 1. The molecule has 30 heavy (non-hydrogen) atoms. The summed E-state index contributed by atoms with van der Waals surface area (Å²) in [5.41, 5.74) is -0.340. The standard InChI is InChI=1S/C16H13ClN4O7S2/c1-9-15(19-18-10-2-4-11(5-3-10)29(23,24)25)16(22)21(20-9)14-8-12(30(26,27)28)6-7-13(14)17/h2-8,20H,1H3,(H,23,24,25)(H,26,27,28). The van der Waals surface area contributed by atoms with Gasteiger partial charge in [-0.1, -0.05) is 11.6 Å². The average molecular weight is 473 g/mol. The lowest BCUT2D eigenvalue weighted by Crippen LogP contribution is -2.15. The molecule has 0 fully saturated rings. The van der Waals surface area contributed by atoms with E-state index < -0.39 is 30.7 Å². The Hall–Kier alpha value is -2.84. The minimum Gasteiger partial charge on any atom is -0.293 e. The molecule has 11 nitrogen and oxygen atoms in total. The Kier molecular flexibility index (Phi) is 5.66. The Morgan fingerprint density at radius 2 is 1.50 bits per heavy atom. The molecule has 3 N–H and O–H groups in total. The van der Waals surface area contributed by atoms with E-state index in [1.165, 1.54) is 25.1 Å². The molecule has 1 aromatic heterocycles. The van der Waals surface area contributed by atoms with Crippen LogP contribution in [0.25, 0.3) is 5.69 Å². The SMILES string of the molecule is Cc1[nH]n(-c2cc(S(=O)(=O)O)ccc2Cl)c(=O)c1N=Nc1ccc(S(=O)(=O)O)cc1. The van der Waals surface area contributed by atoms with Crippen LogP contribution in [-0.2, 0) is 20.2 Å². The Morgan fingerprint density at radius 3 is 2.07 bits per heavy atom. The second kappa shape index (κ2) is 7.77. The minimum atomic E-state index is -4.52. The minimum absolute atomic E-state index is 0.0288. The van der Waals surface area contributed by atoms with Gasteiger partial charge in [0.15, 0.2) is 5.69 Å². The van der Waals surface area contributed by atoms with Crippen molar-refractivity contribution >= 4 is 43.2 Å². The third-order valence-corrected chi connectivity index (χ3v) is 5.93. The number of aryl methyl sites for hydroxylation is 1. The maximum atomic E-state index is 12.7. The average Bonchev–Trinajstić information content (AvgIpc) is 2.93. The normalized spacial score (nSPS) is 12.5. The number of halogens is 1. The van der Waals surface area contributed by atoms with Gasteiger partial charge in [-0.15, -0.1) is 5.11 Å². The lowest BCUT2D eigenvalue weighted by molar-refractivity contribution is 0.481. The van der Waals surface area contributed by atoms with Crippen molar-refractivity contribution in [3.05, 3.63) is 63.5 Å². The molecule has 14 heteroatoms. The Bertz CT molecular complexity index is 1420. The van der Waals surface area contributed by atoms with Gasteiger partial charge in [0, 0.05) is 0 Å². The molecule has 0 aliphatic heterocycles. The van der Waals surface area contributed by atoms with E-state index in [9.17, 15) is 26.2 Å². The predicted molar refractivity (Wildman–Crippen MR) is 106 cm³/mol. The van der Waals surface area contributed by atoms with Crippen molar-refractivity contribution in [2.24, 2.45) is 10.2 Å². The summed E-state index contributed by atoms with van der Waals surface area (Å²) >= 11 is 6.06. The number of hydrogen-bond acceptors (Lipinski definition) is 7. The van der Waals surface area contributed by atoms with E-state index in [-0.39, 0.29) is 32.7 Å². The predicted octanol–water partition coefficient (Wildman–Crippen LogP) is 3.04. The summed E-state index contributed by atoms with van der Waals surface area (Å²) in [7, 11) is -8.87. The van der Waals surface area contributed by atoms with Gasteiger partial charge in [0.05, 0.1) is 31.9 Å².